The fourth-order valence-electron chi connectivity index (χ4n) is 5.64. The highest BCUT2D eigenvalue weighted by molar-refractivity contribution is 7.90. The molecule has 3 heterocycles. The first kappa shape index (κ1) is 34.8. The number of alkyl halides is 3. The van der Waals surface area contributed by atoms with Gasteiger partial charge in [0.05, 0.1) is 61.7 Å². The molecule has 10 nitrogen and oxygen atoms in total. The van der Waals surface area contributed by atoms with Gasteiger partial charge in [-0.15, -0.1) is 10.2 Å². The lowest BCUT2D eigenvalue weighted by molar-refractivity contribution is -0.190. The number of ether oxygens (including phenoxy) is 1. The maximum atomic E-state index is 13.6. The third kappa shape index (κ3) is 6.51. The Labute approximate surface area is 277 Å². The van der Waals surface area contributed by atoms with Crippen LogP contribution in [0.15, 0.2) is 53.6 Å². The summed E-state index contributed by atoms with van der Waals surface area (Å²) in [4.78, 5) is 19.5. The Bertz CT molecular complexity index is 1780. The Morgan fingerprint density at radius 2 is 1.72 bits per heavy atom. The third-order valence-corrected chi connectivity index (χ3v) is 10.4. The average Bonchev–Trinajstić information content (AvgIpc) is 3.56. The van der Waals surface area contributed by atoms with Crippen molar-refractivity contribution in [2.24, 2.45) is 11.3 Å². The number of nitrogens with one attached hydrogen (secondary N) is 1. The van der Waals surface area contributed by atoms with E-state index in [1.54, 1.807) is 13.8 Å². The summed E-state index contributed by atoms with van der Waals surface area (Å²) in [6, 6.07) is 8.66. The summed E-state index contributed by atoms with van der Waals surface area (Å²) in [5.41, 5.74) is -3.16. The summed E-state index contributed by atoms with van der Waals surface area (Å²) in [6.45, 7) is 2.99. The zero-order chi connectivity index (χ0) is 34.8. The molecule has 2 aromatic heterocycles. The predicted octanol–water partition coefficient (Wildman–Crippen LogP) is 2.45. The molecule has 0 unspecified atom stereocenters. The molecule has 236 valence electrons. The van der Waals surface area contributed by atoms with Crippen LogP contribution in [0.3, 0.4) is 0 Å². The van der Waals surface area contributed by atoms with E-state index in [9.17, 15) is 31.5 Å². The lowest BCUT2D eigenvalue weighted by Crippen LogP contribution is -2.49. The van der Waals surface area contributed by atoms with Crippen molar-refractivity contribution in [1.82, 2.24) is 19.5 Å². The number of aromatic hydroxyl groups is 1. The Morgan fingerprint density at radius 1 is 1.09 bits per heavy atom. The standard InChI is InChI=1S/C28H27B5F3N5O5S/c1-24(2)26(29,30)19(27(31,32)33)15-40(24)22-18(23(43)39-47(44,45)17-5-3-16(42)4-6-17)7-8-20(37-22)41-13-9-21(38-41)46-14-12-25(10-11-25)28(34,35)36/h3-9,13,19,42H,10-12,14-15H2,1-2H3,(H,39,43)/t19-/m1/s1. The van der Waals surface area contributed by atoms with Crippen LogP contribution in [0.2, 0.25) is 10.3 Å². The summed E-state index contributed by atoms with van der Waals surface area (Å²) in [5, 5.41) is 10.3. The fraction of sp³-hybridized carbons (Fsp3) is 0.464. The molecule has 10 radical (unpaired) electrons. The number of sulfonamides is 1. The molecule has 19 heteroatoms. The molecular formula is C28H27B5F3N5O5S. The number of benzene rings is 1. The molecule has 1 atom stereocenters. The van der Waals surface area contributed by atoms with Gasteiger partial charge in [0.1, 0.15) is 11.6 Å². The number of amides is 1. The van der Waals surface area contributed by atoms with Gasteiger partial charge in [0.15, 0.2) is 5.82 Å². The van der Waals surface area contributed by atoms with E-state index in [4.69, 9.17) is 44.0 Å². The second-order valence-electron chi connectivity index (χ2n) is 12.6. The number of phenols is 1. The van der Waals surface area contributed by atoms with Crippen LogP contribution in [0.5, 0.6) is 11.6 Å². The van der Waals surface area contributed by atoms with Gasteiger partial charge in [-0.25, -0.2) is 22.8 Å². The van der Waals surface area contributed by atoms with Crippen LogP contribution in [-0.4, -0.2) is 98.3 Å². The first-order valence-corrected chi connectivity index (χ1v) is 15.9. The number of hydrogen-bond donors (Lipinski definition) is 2. The lowest BCUT2D eigenvalue weighted by atomic mass is 9.28. The number of rotatable bonds is 10. The van der Waals surface area contributed by atoms with Crippen LogP contribution in [0.1, 0.15) is 43.5 Å². The van der Waals surface area contributed by atoms with Crippen molar-refractivity contribution in [2.75, 3.05) is 18.1 Å². The molecule has 1 amide bonds. The summed E-state index contributed by atoms with van der Waals surface area (Å²) in [7, 11) is 26.8. The normalized spacial score (nSPS) is 20.1. The van der Waals surface area contributed by atoms with Crippen molar-refractivity contribution in [3.05, 3.63) is 54.2 Å². The van der Waals surface area contributed by atoms with Gasteiger partial charge < -0.3 is 14.7 Å². The van der Waals surface area contributed by atoms with Crippen molar-refractivity contribution in [3.63, 3.8) is 0 Å². The summed E-state index contributed by atoms with van der Waals surface area (Å²) < 4.78 is 74.7. The Balaban J connectivity index is 1.49. The highest BCUT2D eigenvalue weighted by atomic mass is 32.2. The number of carbonyl (C=O) groups is 1. The van der Waals surface area contributed by atoms with E-state index in [0.717, 1.165) is 24.3 Å². The van der Waals surface area contributed by atoms with Crippen LogP contribution in [-0.2, 0) is 10.0 Å². The van der Waals surface area contributed by atoms with Gasteiger partial charge in [-0.1, -0.05) is 5.21 Å². The first-order chi connectivity index (χ1) is 21.6. The maximum absolute atomic E-state index is 13.6. The van der Waals surface area contributed by atoms with Crippen molar-refractivity contribution in [2.45, 2.75) is 60.0 Å². The summed E-state index contributed by atoms with van der Waals surface area (Å²) in [5.74, 6) is -2.10. The molecule has 1 saturated heterocycles. The number of carbonyl (C=O) groups excluding carboxylic acids is 1. The van der Waals surface area contributed by atoms with Crippen LogP contribution in [0, 0.1) is 11.3 Å². The Morgan fingerprint density at radius 3 is 2.28 bits per heavy atom. The van der Waals surface area contributed by atoms with Crippen LogP contribution in [0.25, 0.3) is 5.82 Å². The minimum atomic E-state index is -4.40. The predicted molar refractivity (Wildman–Crippen MR) is 171 cm³/mol. The fourth-order valence-corrected chi connectivity index (χ4v) is 6.61. The lowest BCUT2D eigenvalue weighted by Gasteiger charge is -2.47. The quantitative estimate of drug-likeness (QED) is 0.319. The van der Waals surface area contributed by atoms with Crippen LogP contribution in [0.4, 0.5) is 19.0 Å². The maximum Gasteiger partial charge on any atom is 0.394 e. The molecule has 1 aromatic carbocycles. The number of aromatic nitrogens is 3. The van der Waals surface area contributed by atoms with Crippen molar-refractivity contribution >= 4 is 61.0 Å². The van der Waals surface area contributed by atoms with Gasteiger partial charge in [-0.2, -0.15) is 13.2 Å². The zero-order valence-corrected chi connectivity index (χ0v) is 26.3. The molecule has 0 spiro atoms. The van der Waals surface area contributed by atoms with Crippen molar-refractivity contribution in [3.8, 4) is 17.4 Å². The molecule has 2 N–H and O–H groups in total. The molecule has 1 aliphatic carbocycles. The third-order valence-electron chi connectivity index (χ3n) is 9.10. The van der Waals surface area contributed by atoms with Gasteiger partial charge in [-0.05, 0) is 75.4 Å². The number of pyridine rings is 1. The minimum Gasteiger partial charge on any atom is -0.508 e. The van der Waals surface area contributed by atoms with E-state index in [1.807, 2.05) is 4.72 Å². The number of nitrogens with zero attached hydrogens (tertiary/aromatic N) is 4. The number of hydrogen-bond acceptors (Lipinski definition) is 8. The molecule has 5 rings (SSSR count). The molecule has 1 aliphatic heterocycles. The van der Waals surface area contributed by atoms with Gasteiger partial charge in [0.25, 0.3) is 15.9 Å². The monoisotopic (exact) mass is 657 g/mol. The molecule has 2 aliphatic rings. The molecule has 47 heavy (non-hydrogen) atoms. The topological polar surface area (TPSA) is 127 Å². The van der Waals surface area contributed by atoms with E-state index in [1.165, 1.54) is 34.0 Å². The summed E-state index contributed by atoms with van der Waals surface area (Å²) in [6.07, 6.45) is -2.96. The van der Waals surface area contributed by atoms with E-state index < -0.39 is 49.3 Å². The highest BCUT2D eigenvalue weighted by Gasteiger charge is 2.62. The number of phenolic OH excluding ortho intramolecular Hbond substituents is 1. The minimum absolute atomic E-state index is 0.0387. The van der Waals surface area contributed by atoms with E-state index in [2.05, 4.69) is 10.1 Å². The SMILES string of the molecule is [B]C([B])([B])[C@@H]1CN(c2nc(-n3ccc(OCCC4(C(F)(F)F)CC4)n3)ccc2C(=O)NS(=O)(=O)c2ccc(O)cc2)C(C)(C)C1([B])[B]. The van der Waals surface area contributed by atoms with Crippen molar-refractivity contribution in [1.29, 1.82) is 0 Å². The molecule has 3 aromatic rings. The Kier molecular flexibility index (Phi) is 8.59. The van der Waals surface area contributed by atoms with E-state index in [0.29, 0.717) is 0 Å². The van der Waals surface area contributed by atoms with Gasteiger partial charge in [-0.3, -0.25) is 4.79 Å². The number of anilines is 1. The smallest absolute Gasteiger partial charge is 0.394 e. The Hall–Kier alpha value is -3.49. The zero-order valence-electron chi connectivity index (χ0n) is 25.5. The molecular weight excluding hydrogens is 629 g/mol. The average molecular weight is 657 g/mol. The van der Waals surface area contributed by atoms with Crippen LogP contribution >= 0.6 is 0 Å². The largest absolute Gasteiger partial charge is 0.508 e. The molecule has 0 bridgehead atoms. The van der Waals surface area contributed by atoms with Gasteiger partial charge in [0.2, 0.25) is 5.88 Å². The van der Waals surface area contributed by atoms with Gasteiger partial charge in [0, 0.05) is 24.3 Å². The van der Waals surface area contributed by atoms with E-state index >= 15 is 0 Å². The van der Waals surface area contributed by atoms with Gasteiger partial charge >= 0.3 is 6.18 Å². The van der Waals surface area contributed by atoms with Crippen LogP contribution < -0.4 is 14.4 Å². The molecule has 1 saturated carbocycles. The first-order valence-electron chi connectivity index (χ1n) is 14.4. The summed E-state index contributed by atoms with van der Waals surface area (Å²) >= 11 is 0. The second kappa shape index (κ2) is 11.6. The highest BCUT2D eigenvalue weighted by Crippen LogP contribution is 2.60. The van der Waals surface area contributed by atoms with E-state index in [-0.39, 0.29) is 66.1 Å². The molecule has 2 fully saturated rings. The second-order valence-corrected chi connectivity index (χ2v) is 14.3. The van der Waals surface area contributed by atoms with Crippen molar-refractivity contribution < 1.29 is 36.2 Å². The number of halogens is 3.